The molecule has 0 heterocycles. The number of nitrogens with one attached hydrogen (secondary N) is 2. The van der Waals surface area contributed by atoms with Crippen molar-refractivity contribution in [1.29, 1.82) is 0 Å². The van der Waals surface area contributed by atoms with Gasteiger partial charge in [-0.3, -0.25) is 4.79 Å². The molecule has 2 aromatic carbocycles. The zero-order valence-electron chi connectivity index (χ0n) is 13.7. The van der Waals surface area contributed by atoms with Crippen molar-refractivity contribution in [3.8, 4) is 0 Å². The van der Waals surface area contributed by atoms with Crippen LogP contribution in [0.3, 0.4) is 0 Å². The third kappa shape index (κ3) is 5.01. The van der Waals surface area contributed by atoms with Gasteiger partial charge in [-0.15, -0.1) is 0 Å². The topological polar surface area (TPSA) is 67.2 Å². The number of halogens is 3. The molecule has 4 N–H and O–H groups in total. The molecule has 0 spiro atoms. The number of rotatable bonds is 6. The molecule has 134 valence electrons. The highest BCUT2D eigenvalue weighted by Crippen LogP contribution is 2.25. The zero-order valence-corrected chi connectivity index (χ0v) is 13.7. The van der Waals surface area contributed by atoms with Gasteiger partial charge >= 0.3 is 0 Å². The molecule has 0 aromatic heterocycles. The van der Waals surface area contributed by atoms with Crippen LogP contribution in [0.25, 0.3) is 0 Å². The quantitative estimate of drug-likeness (QED) is 0.514. The maximum absolute atomic E-state index is 14.1. The molecular formula is C19H16F3N3O. The monoisotopic (exact) mass is 359 g/mol. The molecule has 7 heteroatoms. The number of carbonyl (C=O) groups is 1. The fourth-order valence-electron chi connectivity index (χ4n) is 2.01. The summed E-state index contributed by atoms with van der Waals surface area (Å²) in [6.07, 6.45) is 2.39. The molecule has 0 aliphatic heterocycles. The van der Waals surface area contributed by atoms with Gasteiger partial charge in [-0.2, -0.15) is 0 Å². The van der Waals surface area contributed by atoms with Crippen LogP contribution in [0.2, 0.25) is 0 Å². The third-order valence-corrected chi connectivity index (χ3v) is 3.25. The number of allylic oxidation sites excluding steroid dienone is 3. The molecule has 0 aliphatic rings. The lowest BCUT2D eigenvalue weighted by Gasteiger charge is -2.13. The second kappa shape index (κ2) is 8.06. The predicted molar refractivity (Wildman–Crippen MR) is 97.3 cm³/mol. The number of benzene rings is 2. The van der Waals surface area contributed by atoms with Crippen molar-refractivity contribution in [2.75, 3.05) is 16.4 Å². The molecule has 0 radical (unpaired) electrons. The minimum Gasteiger partial charge on any atom is -0.397 e. The Balaban J connectivity index is 2.23. The van der Waals surface area contributed by atoms with Crippen molar-refractivity contribution in [3.05, 3.63) is 90.4 Å². The van der Waals surface area contributed by atoms with Crippen LogP contribution in [0.1, 0.15) is 10.4 Å². The van der Waals surface area contributed by atoms with Crippen molar-refractivity contribution in [2.24, 2.45) is 0 Å². The predicted octanol–water partition coefficient (Wildman–Crippen LogP) is 4.76. The summed E-state index contributed by atoms with van der Waals surface area (Å²) in [6.45, 7) is 6.72. The van der Waals surface area contributed by atoms with Gasteiger partial charge in [0, 0.05) is 11.4 Å². The number of nitrogens with two attached hydrogens (primary N) is 1. The molecule has 0 atom stereocenters. The van der Waals surface area contributed by atoms with Gasteiger partial charge in [0.25, 0.3) is 5.91 Å². The Morgan fingerprint density at radius 3 is 2.31 bits per heavy atom. The van der Waals surface area contributed by atoms with Crippen LogP contribution in [0.15, 0.2) is 73.2 Å². The number of hydrogen-bond donors (Lipinski definition) is 3. The van der Waals surface area contributed by atoms with Crippen LogP contribution in [0, 0.1) is 11.6 Å². The molecule has 0 bridgehead atoms. The standard InChI is InChI=1S/C19H16F3N3O/c1-11(20)3-4-12(2)24-18-9-15(16(22)10-17(18)23)19(26)25-14-7-5-13(21)6-8-14/h3-10,24H,1-2,23H2,(H,25,26)/b4-3-. The van der Waals surface area contributed by atoms with Gasteiger partial charge in [0.2, 0.25) is 0 Å². The van der Waals surface area contributed by atoms with Gasteiger partial charge in [0.15, 0.2) is 0 Å². The van der Waals surface area contributed by atoms with E-state index in [1.165, 1.54) is 24.3 Å². The highest BCUT2D eigenvalue weighted by molar-refractivity contribution is 6.05. The molecule has 26 heavy (non-hydrogen) atoms. The largest absolute Gasteiger partial charge is 0.397 e. The fraction of sp³-hybridized carbons (Fsp3) is 0. The van der Waals surface area contributed by atoms with E-state index in [0.29, 0.717) is 5.69 Å². The first-order chi connectivity index (χ1) is 12.3. The maximum atomic E-state index is 14.1. The van der Waals surface area contributed by atoms with Gasteiger partial charge in [-0.1, -0.05) is 13.2 Å². The van der Waals surface area contributed by atoms with E-state index >= 15 is 0 Å². The lowest BCUT2D eigenvalue weighted by molar-refractivity contribution is 0.102. The van der Waals surface area contributed by atoms with Crippen molar-refractivity contribution in [3.63, 3.8) is 0 Å². The average Bonchev–Trinajstić information content (AvgIpc) is 2.57. The molecule has 0 saturated carbocycles. The summed E-state index contributed by atoms with van der Waals surface area (Å²) in [7, 11) is 0. The van der Waals surface area contributed by atoms with E-state index in [1.807, 2.05) is 0 Å². The second-order valence-corrected chi connectivity index (χ2v) is 5.31. The number of carbonyl (C=O) groups excluding carboxylic acids is 1. The Kier molecular flexibility index (Phi) is 5.85. The van der Waals surface area contributed by atoms with E-state index in [2.05, 4.69) is 23.8 Å². The summed E-state index contributed by atoms with van der Waals surface area (Å²) >= 11 is 0. The summed E-state index contributed by atoms with van der Waals surface area (Å²) in [5.74, 6) is -2.70. The maximum Gasteiger partial charge on any atom is 0.258 e. The first-order valence-electron chi connectivity index (χ1n) is 7.40. The molecular weight excluding hydrogens is 343 g/mol. The lowest BCUT2D eigenvalue weighted by atomic mass is 10.1. The minimum atomic E-state index is -0.828. The van der Waals surface area contributed by atoms with E-state index in [4.69, 9.17) is 5.73 Å². The molecule has 0 aliphatic carbocycles. The third-order valence-electron chi connectivity index (χ3n) is 3.25. The first-order valence-corrected chi connectivity index (χ1v) is 7.40. The Hall–Kier alpha value is -3.48. The summed E-state index contributed by atoms with van der Waals surface area (Å²) < 4.78 is 39.7. The number of amides is 1. The lowest BCUT2D eigenvalue weighted by Crippen LogP contribution is -2.15. The summed E-state index contributed by atoms with van der Waals surface area (Å²) in [6, 6.07) is 7.20. The van der Waals surface area contributed by atoms with Gasteiger partial charge < -0.3 is 16.4 Å². The van der Waals surface area contributed by atoms with E-state index in [0.717, 1.165) is 24.3 Å². The van der Waals surface area contributed by atoms with Gasteiger partial charge in [-0.25, -0.2) is 13.2 Å². The van der Waals surface area contributed by atoms with Crippen molar-refractivity contribution in [2.45, 2.75) is 0 Å². The molecule has 0 unspecified atom stereocenters. The highest BCUT2D eigenvalue weighted by Gasteiger charge is 2.15. The van der Waals surface area contributed by atoms with Crippen LogP contribution in [-0.4, -0.2) is 5.91 Å². The Morgan fingerprint density at radius 1 is 1.04 bits per heavy atom. The van der Waals surface area contributed by atoms with Crippen molar-refractivity contribution >= 4 is 23.0 Å². The molecule has 1 amide bonds. The van der Waals surface area contributed by atoms with Gasteiger partial charge in [0.1, 0.15) is 17.5 Å². The Labute approximate surface area is 148 Å². The second-order valence-electron chi connectivity index (χ2n) is 5.31. The molecule has 4 nitrogen and oxygen atoms in total. The van der Waals surface area contributed by atoms with Crippen LogP contribution in [0.4, 0.5) is 30.2 Å². The minimum absolute atomic E-state index is 0.0365. The number of hydrogen-bond acceptors (Lipinski definition) is 3. The SMILES string of the molecule is C=C(F)/C=C\C(=C)Nc1cc(C(=O)Nc2ccc(F)cc2)c(F)cc1N. The number of anilines is 3. The molecule has 2 rings (SSSR count). The average molecular weight is 359 g/mol. The fourth-order valence-corrected chi connectivity index (χ4v) is 2.01. The van der Waals surface area contributed by atoms with E-state index in [1.54, 1.807) is 0 Å². The molecule has 0 fully saturated rings. The van der Waals surface area contributed by atoms with Crippen LogP contribution in [0.5, 0.6) is 0 Å². The van der Waals surface area contributed by atoms with Crippen LogP contribution >= 0.6 is 0 Å². The summed E-state index contributed by atoms with van der Waals surface area (Å²) in [4.78, 5) is 12.3. The highest BCUT2D eigenvalue weighted by atomic mass is 19.1. The van der Waals surface area contributed by atoms with E-state index in [-0.39, 0.29) is 22.6 Å². The Bertz CT molecular complexity index is 890. The van der Waals surface area contributed by atoms with Crippen molar-refractivity contribution < 1.29 is 18.0 Å². The van der Waals surface area contributed by atoms with E-state index < -0.39 is 23.4 Å². The van der Waals surface area contributed by atoms with Gasteiger partial charge in [-0.05, 0) is 48.6 Å². The van der Waals surface area contributed by atoms with Gasteiger partial charge in [0.05, 0.1) is 16.9 Å². The Morgan fingerprint density at radius 2 is 1.69 bits per heavy atom. The molecule has 2 aromatic rings. The first kappa shape index (κ1) is 18.9. The summed E-state index contributed by atoms with van der Waals surface area (Å²) in [5, 5.41) is 5.20. The smallest absolute Gasteiger partial charge is 0.258 e. The number of nitrogen functional groups attached to an aromatic ring is 1. The molecule has 0 saturated heterocycles. The normalized spacial score (nSPS) is 10.6. The van der Waals surface area contributed by atoms with Crippen molar-refractivity contribution in [1.82, 2.24) is 0 Å². The zero-order chi connectivity index (χ0) is 19.3. The van der Waals surface area contributed by atoms with Crippen LogP contribution in [-0.2, 0) is 0 Å². The van der Waals surface area contributed by atoms with E-state index in [9.17, 15) is 18.0 Å². The van der Waals surface area contributed by atoms with Crippen LogP contribution < -0.4 is 16.4 Å². The summed E-state index contributed by atoms with van der Waals surface area (Å²) in [5.41, 5.74) is 6.26.